The van der Waals surface area contributed by atoms with E-state index < -0.39 is 0 Å². The van der Waals surface area contributed by atoms with Crippen LogP contribution < -0.4 is 10.9 Å². The van der Waals surface area contributed by atoms with Crippen LogP contribution in [0.2, 0.25) is 5.02 Å². The maximum Gasteiger partial charge on any atom is 0.273 e. The Morgan fingerprint density at radius 1 is 1.09 bits per heavy atom. The number of carbonyl (C=O) groups is 1. The van der Waals surface area contributed by atoms with Gasteiger partial charge in [0.2, 0.25) is 5.91 Å². The fourth-order valence-corrected chi connectivity index (χ4v) is 5.30. The van der Waals surface area contributed by atoms with Gasteiger partial charge in [0.1, 0.15) is 4.70 Å². The number of hydrogen-bond acceptors (Lipinski definition) is 4. The molecule has 162 valence electrons. The molecule has 1 aliphatic heterocycles. The van der Waals surface area contributed by atoms with E-state index >= 15 is 0 Å². The third-order valence-corrected chi connectivity index (χ3v) is 7.32. The van der Waals surface area contributed by atoms with Crippen molar-refractivity contribution in [2.45, 2.75) is 6.42 Å². The van der Waals surface area contributed by atoms with Crippen molar-refractivity contribution in [1.82, 2.24) is 9.47 Å². The Labute approximate surface area is 194 Å². The van der Waals surface area contributed by atoms with Gasteiger partial charge in [0, 0.05) is 39.4 Å². The second kappa shape index (κ2) is 8.54. The van der Waals surface area contributed by atoms with E-state index in [1.807, 2.05) is 67.7 Å². The molecule has 2 aromatic heterocycles. The topological polar surface area (TPSA) is 54.3 Å². The van der Waals surface area contributed by atoms with Crippen molar-refractivity contribution < 1.29 is 4.79 Å². The minimum absolute atomic E-state index is 0.0263. The Bertz CT molecular complexity index is 1340. The average Bonchev–Trinajstić information content (AvgIpc) is 3.42. The predicted octanol–water partition coefficient (Wildman–Crippen LogP) is 5.26. The standard InChI is InChI=1S/C25H22ClN3O2S/c1-28-12-10-18(15-28)24(30)27-20-6-8-21(9-7-20)29-13-11-17-14-22(32-23(17)25(29)31)16-2-4-19(26)5-3-16/h2-9,11,13-14,18H,10,12,15H2,1H3,(H,27,30). The molecule has 1 fully saturated rings. The highest BCUT2D eigenvalue weighted by atomic mass is 35.5. The molecule has 1 atom stereocenters. The van der Waals surface area contributed by atoms with Gasteiger partial charge < -0.3 is 10.2 Å². The number of halogens is 1. The lowest BCUT2D eigenvalue weighted by molar-refractivity contribution is -0.119. The lowest BCUT2D eigenvalue weighted by Gasteiger charge is -2.12. The number of nitrogens with zero attached hydrogens (tertiary/aromatic N) is 2. The van der Waals surface area contributed by atoms with Crippen LogP contribution in [0, 0.1) is 5.92 Å². The van der Waals surface area contributed by atoms with E-state index in [2.05, 4.69) is 10.2 Å². The maximum atomic E-state index is 13.2. The third kappa shape index (κ3) is 4.09. The molecule has 4 aromatic rings. The van der Waals surface area contributed by atoms with Crippen LogP contribution in [0.15, 0.2) is 71.7 Å². The number of amides is 1. The minimum Gasteiger partial charge on any atom is -0.326 e. The minimum atomic E-state index is -0.0570. The first-order valence-corrected chi connectivity index (χ1v) is 11.7. The largest absolute Gasteiger partial charge is 0.326 e. The lowest BCUT2D eigenvalue weighted by Crippen LogP contribution is -2.25. The number of fused-ring (bicyclic) bond motifs is 1. The molecule has 5 rings (SSSR count). The van der Waals surface area contributed by atoms with Crippen molar-refractivity contribution >= 4 is 44.6 Å². The summed E-state index contributed by atoms with van der Waals surface area (Å²) in [5.74, 6) is 0.0763. The number of pyridine rings is 1. The molecule has 0 bridgehead atoms. The molecule has 1 unspecified atom stereocenters. The normalized spacial score (nSPS) is 16.5. The van der Waals surface area contributed by atoms with E-state index in [1.165, 1.54) is 11.3 Å². The van der Waals surface area contributed by atoms with E-state index in [0.717, 1.165) is 46.7 Å². The highest BCUT2D eigenvalue weighted by Crippen LogP contribution is 2.32. The second-order valence-electron chi connectivity index (χ2n) is 8.18. The van der Waals surface area contributed by atoms with Crippen LogP contribution in [0.4, 0.5) is 5.69 Å². The first-order chi connectivity index (χ1) is 15.5. The molecule has 5 nitrogen and oxygen atoms in total. The molecular formula is C25H22ClN3O2S. The molecule has 2 aromatic carbocycles. The van der Waals surface area contributed by atoms with Gasteiger partial charge in [0.05, 0.1) is 5.92 Å². The quantitative estimate of drug-likeness (QED) is 0.449. The smallest absolute Gasteiger partial charge is 0.273 e. The number of thiophene rings is 1. The van der Waals surface area contributed by atoms with Crippen LogP contribution >= 0.6 is 22.9 Å². The first kappa shape index (κ1) is 20.9. The van der Waals surface area contributed by atoms with Crippen molar-refractivity contribution in [2.75, 3.05) is 25.5 Å². The van der Waals surface area contributed by atoms with Crippen LogP contribution in [0.1, 0.15) is 6.42 Å². The van der Waals surface area contributed by atoms with Gasteiger partial charge in [-0.3, -0.25) is 14.2 Å². The summed E-state index contributed by atoms with van der Waals surface area (Å²) in [6.07, 6.45) is 2.68. The number of aromatic nitrogens is 1. The summed E-state index contributed by atoms with van der Waals surface area (Å²) in [5.41, 5.74) is 2.48. The molecule has 0 radical (unpaired) electrons. The molecule has 1 aliphatic rings. The van der Waals surface area contributed by atoms with Crippen molar-refractivity contribution in [2.24, 2.45) is 5.92 Å². The summed E-state index contributed by atoms with van der Waals surface area (Å²) in [5, 5.41) is 4.60. The summed E-state index contributed by atoms with van der Waals surface area (Å²) < 4.78 is 2.35. The summed E-state index contributed by atoms with van der Waals surface area (Å²) in [6, 6.07) is 19.0. The molecule has 1 saturated heterocycles. The number of carbonyl (C=O) groups excluding carboxylic acids is 1. The van der Waals surface area contributed by atoms with Gasteiger partial charge in [-0.05, 0) is 74.1 Å². The summed E-state index contributed by atoms with van der Waals surface area (Å²) in [7, 11) is 2.03. The number of hydrogen-bond donors (Lipinski definition) is 1. The molecular weight excluding hydrogens is 442 g/mol. The fraction of sp³-hybridized carbons (Fsp3) is 0.200. The first-order valence-electron chi connectivity index (χ1n) is 10.5. The number of benzene rings is 2. The van der Waals surface area contributed by atoms with Gasteiger partial charge in [-0.2, -0.15) is 0 Å². The van der Waals surface area contributed by atoms with E-state index in [4.69, 9.17) is 11.6 Å². The predicted molar refractivity (Wildman–Crippen MR) is 132 cm³/mol. The number of rotatable bonds is 4. The Morgan fingerprint density at radius 2 is 1.84 bits per heavy atom. The van der Waals surface area contributed by atoms with E-state index in [-0.39, 0.29) is 17.4 Å². The van der Waals surface area contributed by atoms with E-state index in [1.54, 1.807) is 10.8 Å². The van der Waals surface area contributed by atoms with Crippen LogP contribution in [-0.2, 0) is 4.79 Å². The fourth-order valence-electron chi connectivity index (χ4n) is 4.09. The molecule has 1 N–H and O–H groups in total. The van der Waals surface area contributed by atoms with E-state index in [9.17, 15) is 9.59 Å². The molecule has 0 aliphatic carbocycles. The summed E-state index contributed by atoms with van der Waals surface area (Å²) in [6.45, 7) is 1.74. The molecule has 7 heteroatoms. The van der Waals surface area contributed by atoms with Crippen LogP contribution in [-0.4, -0.2) is 35.5 Å². The zero-order valence-electron chi connectivity index (χ0n) is 17.5. The van der Waals surface area contributed by atoms with Crippen LogP contribution in [0.25, 0.3) is 26.2 Å². The van der Waals surface area contributed by atoms with Gasteiger partial charge in [0.15, 0.2) is 0 Å². The summed E-state index contributed by atoms with van der Waals surface area (Å²) >= 11 is 7.47. The summed E-state index contributed by atoms with van der Waals surface area (Å²) in [4.78, 5) is 28.8. The SMILES string of the molecule is CN1CCC(C(=O)Nc2ccc(-n3ccc4cc(-c5ccc(Cl)cc5)sc4c3=O)cc2)C1. The Hall–Kier alpha value is -2.93. The van der Waals surface area contributed by atoms with Crippen molar-refractivity contribution in [3.63, 3.8) is 0 Å². The Morgan fingerprint density at radius 3 is 2.53 bits per heavy atom. The third-order valence-electron chi connectivity index (χ3n) is 5.88. The highest BCUT2D eigenvalue weighted by molar-refractivity contribution is 7.22. The van der Waals surface area contributed by atoms with Gasteiger partial charge >= 0.3 is 0 Å². The zero-order valence-corrected chi connectivity index (χ0v) is 19.1. The van der Waals surface area contributed by atoms with Crippen LogP contribution in [0.5, 0.6) is 0 Å². The Balaban J connectivity index is 1.39. The Kier molecular flexibility index (Phi) is 5.59. The lowest BCUT2D eigenvalue weighted by atomic mass is 10.1. The van der Waals surface area contributed by atoms with Gasteiger partial charge in [0.25, 0.3) is 5.56 Å². The molecule has 3 heterocycles. The van der Waals surface area contributed by atoms with Gasteiger partial charge in [-0.25, -0.2) is 0 Å². The number of anilines is 1. The molecule has 0 spiro atoms. The second-order valence-corrected chi connectivity index (χ2v) is 9.67. The van der Waals surface area contributed by atoms with Gasteiger partial charge in [-0.1, -0.05) is 23.7 Å². The van der Waals surface area contributed by atoms with E-state index in [0.29, 0.717) is 9.72 Å². The van der Waals surface area contributed by atoms with Crippen LogP contribution in [0.3, 0.4) is 0 Å². The number of nitrogens with one attached hydrogen (secondary N) is 1. The molecule has 0 saturated carbocycles. The maximum absolute atomic E-state index is 13.2. The van der Waals surface area contributed by atoms with Crippen molar-refractivity contribution in [3.8, 4) is 16.1 Å². The van der Waals surface area contributed by atoms with Crippen molar-refractivity contribution in [1.29, 1.82) is 0 Å². The van der Waals surface area contributed by atoms with Gasteiger partial charge in [-0.15, -0.1) is 11.3 Å². The number of likely N-dealkylation sites (tertiary alicyclic amines) is 1. The molecule has 32 heavy (non-hydrogen) atoms. The zero-order chi connectivity index (χ0) is 22.2. The average molecular weight is 464 g/mol. The highest BCUT2D eigenvalue weighted by Gasteiger charge is 2.26. The monoisotopic (exact) mass is 463 g/mol. The molecule has 1 amide bonds. The van der Waals surface area contributed by atoms with Crippen molar-refractivity contribution in [3.05, 3.63) is 82.2 Å².